The quantitative estimate of drug-likeness (QED) is 0.737. The second-order valence-electron chi connectivity index (χ2n) is 8.16. The molecule has 2 aromatic rings. The summed E-state index contributed by atoms with van der Waals surface area (Å²) in [5.74, 6) is -1.18. The van der Waals surface area contributed by atoms with Gasteiger partial charge in [-0.3, -0.25) is 4.90 Å². The van der Waals surface area contributed by atoms with Gasteiger partial charge in [0.1, 0.15) is 24.5 Å². The van der Waals surface area contributed by atoms with Crippen LogP contribution in [0.4, 0.5) is 9.59 Å². The summed E-state index contributed by atoms with van der Waals surface area (Å²) in [5, 5.41) is 11.8. The third-order valence-electron chi connectivity index (χ3n) is 4.49. The summed E-state index contributed by atoms with van der Waals surface area (Å²) in [6, 6.07) is 8.03. The van der Waals surface area contributed by atoms with Gasteiger partial charge in [-0.25, -0.2) is 19.4 Å². The van der Waals surface area contributed by atoms with Crippen LogP contribution in [0.1, 0.15) is 55.2 Å². The SMILES string of the molecule is CC(C)(C)OC(=O)NC1CC(c2nc(C(=O)O)co2)N(C(=O)OCc2ccccc2)C1. The molecular weight excluding hydrogens is 406 g/mol. The van der Waals surface area contributed by atoms with Gasteiger partial charge in [-0.05, 0) is 32.8 Å². The van der Waals surface area contributed by atoms with Crippen LogP contribution in [0, 0.1) is 0 Å². The molecule has 0 bridgehead atoms. The summed E-state index contributed by atoms with van der Waals surface area (Å²) in [4.78, 5) is 41.4. The van der Waals surface area contributed by atoms with Gasteiger partial charge in [0.2, 0.25) is 5.89 Å². The molecule has 2 N–H and O–H groups in total. The molecule has 2 heterocycles. The van der Waals surface area contributed by atoms with Crippen molar-refractivity contribution in [3.63, 3.8) is 0 Å². The van der Waals surface area contributed by atoms with E-state index in [0.29, 0.717) is 0 Å². The summed E-state index contributed by atoms with van der Waals surface area (Å²) in [6.45, 7) is 5.44. The lowest BCUT2D eigenvalue weighted by molar-refractivity contribution is 0.0502. The number of oxazole rings is 1. The second-order valence-corrected chi connectivity index (χ2v) is 8.16. The van der Waals surface area contributed by atoms with Gasteiger partial charge in [0.05, 0.1) is 6.04 Å². The van der Waals surface area contributed by atoms with Crippen LogP contribution in [0.5, 0.6) is 0 Å². The lowest BCUT2D eigenvalue weighted by Crippen LogP contribution is -2.41. The van der Waals surface area contributed by atoms with Crippen molar-refractivity contribution in [2.75, 3.05) is 6.54 Å². The zero-order valence-electron chi connectivity index (χ0n) is 17.5. The number of nitrogens with zero attached hydrogens (tertiary/aromatic N) is 2. The molecule has 1 aromatic heterocycles. The molecule has 10 heteroatoms. The molecule has 0 spiro atoms. The molecular formula is C21H25N3O7. The molecule has 0 aliphatic carbocycles. The van der Waals surface area contributed by atoms with Crippen LogP contribution < -0.4 is 5.32 Å². The normalized spacial score (nSPS) is 18.5. The average molecular weight is 431 g/mol. The van der Waals surface area contributed by atoms with Gasteiger partial charge in [-0.2, -0.15) is 0 Å². The van der Waals surface area contributed by atoms with E-state index in [1.54, 1.807) is 20.8 Å². The number of carboxylic acid groups (broad SMARTS) is 1. The van der Waals surface area contributed by atoms with Crippen molar-refractivity contribution < 1.29 is 33.4 Å². The van der Waals surface area contributed by atoms with Gasteiger partial charge in [0.15, 0.2) is 5.69 Å². The molecule has 1 aliphatic heterocycles. The Morgan fingerprint density at radius 2 is 1.97 bits per heavy atom. The zero-order valence-corrected chi connectivity index (χ0v) is 17.5. The van der Waals surface area contributed by atoms with Crippen molar-refractivity contribution in [3.8, 4) is 0 Å². The fourth-order valence-electron chi connectivity index (χ4n) is 3.19. The molecule has 166 valence electrons. The van der Waals surface area contributed by atoms with E-state index in [-0.39, 0.29) is 31.2 Å². The number of alkyl carbamates (subject to hydrolysis) is 1. The van der Waals surface area contributed by atoms with E-state index in [1.807, 2.05) is 30.3 Å². The Balaban J connectivity index is 1.73. The van der Waals surface area contributed by atoms with Crippen molar-refractivity contribution in [1.82, 2.24) is 15.2 Å². The number of hydrogen-bond donors (Lipinski definition) is 2. The molecule has 2 amide bonds. The Kier molecular flexibility index (Phi) is 6.47. The summed E-state index contributed by atoms with van der Waals surface area (Å²) in [6.07, 6.45) is 0.0331. The van der Waals surface area contributed by atoms with Crippen LogP contribution in [-0.4, -0.2) is 51.3 Å². The summed E-state index contributed by atoms with van der Waals surface area (Å²) >= 11 is 0. The number of likely N-dealkylation sites (tertiary alicyclic amines) is 1. The van der Waals surface area contributed by atoms with Crippen LogP contribution in [-0.2, 0) is 16.1 Å². The number of rotatable bonds is 5. The first-order valence-electron chi connectivity index (χ1n) is 9.78. The highest BCUT2D eigenvalue weighted by atomic mass is 16.6. The van der Waals surface area contributed by atoms with Gasteiger partial charge in [0, 0.05) is 6.54 Å². The minimum Gasteiger partial charge on any atom is -0.476 e. The second kappa shape index (κ2) is 9.07. The Bertz CT molecular complexity index is 936. The first-order chi connectivity index (χ1) is 14.6. The molecule has 0 radical (unpaired) electrons. The first-order valence-corrected chi connectivity index (χ1v) is 9.78. The first kappa shape index (κ1) is 22.1. The standard InChI is InChI=1S/C21H25N3O7/c1-21(2,3)31-19(27)22-14-9-16(17-23-15(12-29-17)18(25)26)24(10-14)20(28)30-11-13-7-5-4-6-8-13/h4-8,12,14,16H,9-11H2,1-3H3,(H,22,27)(H,25,26). The van der Waals surface area contributed by atoms with Gasteiger partial charge in [0.25, 0.3) is 0 Å². The Morgan fingerprint density at radius 1 is 1.26 bits per heavy atom. The largest absolute Gasteiger partial charge is 0.476 e. The fourth-order valence-corrected chi connectivity index (χ4v) is 3.19. The molecule has 3 rings (SSSR count). The monoisotopic (exact) mass is 431 g/mol. The molecule has 1 aliphatic rings. The Labute approximate surface area is 179 Å². The lowest BCUT2D eigenvalue weighted by Gasteiger charge is -2.22. The number of ether oxygens (including phenoxy) is 2. The van der Waals surface area contributed by atoms with Crippen molar-refractivity contribution in [1.29, 1.82) is 0 Å². The highest BCUT2D eigenvalue weighted by Gasteiger charge is 2.41. The number of carboxylic acids is 1. The third kappa shape index (κ3) is 5.97. The van der Waals surface area contributed by atoms with Crippen LogP contribution in [0.3, 0.4) is 0 Å². The predicted octanol–water partition coefficient (Wildman–Crippen LogP) is 3.35. The number of aromatic carboxylic acids is 1. The number of benzene rings is 1. The van der Waals surface area contributed by atoms with E-state index in [9.17, 15) is 14.4 Å². The van der Waals surface area contributed by atoms with Crippen molar-refractivity contribution in [2.45, 2.75) is 51.5 Å². The van der Waals surface area contributed by atoms with Gasteiger partial charge < -0.3 is 24.3 Å². The van der Waals surface area contributed by atoms with Crippen LogP contribution >= 0.6 is 0 Å². The minimum atomic E-state index is -1.24. The minimum absolute atomic E-state index is 0.0579. The van der Waals surface area contributed by atoms with Crippen LogP contribution in [0.2, 0.25) is 0 Å². The topological polar surface area (TPSA) is 131 Å². The number of carbonyl (C=O) groups is 3. The average Bonchev–Trinajstić information content (AvgIpc) is 3.32. The van der Waals surface area contributed by atoms with E-state index in [1.165, 1.54) is 4.90 Å². The molecule has 0 saturated carbocycles. The van der Waals surface area contributed by atoms with Gasteiger partial charge >= 0.3 is 18.2 Å². The number of amides is 2. The number of aromatic nitrogens is 1. The van der Waals surface area contributed by atoms with Crippen LogP contribution in [0.25, 0.3) is 0 Å². The number of nitrogens with one attached hydrogen (secondary N) is 1. The maximum absolute atomic E-state index is 12.8. The summed E-state index contributed by atoms with van der Waals surface area (Å²) < 4.78 is 16.0. The molecule has 2 atom stereocenters. The van der Waals surface area contributed by atoms with Crippen molar-refractivity contribution in [3.05, 3.63) is 53.7 Å². The maximum Gasteiger partial charge on any atom is 0.410 e. The maximum atomic E-state index is 12.8. The molecule has 2 unspecified atom stereocenters. The lowest BCUT2D eigenvalue weighted by atomic mass is 10.1. The zero-order chi connectivity index (χ0) is 22.6. The van der Waals surface area contributed by atoms with Crippen molar-refractivity contribution >= 4 is 18.2 Å². The van der Waals surface area contributed by atoms with E-state index in [4.69, 9.17) is 19.0 Å². The molecule has 1 aromatic carbocycles. The molecule has 31 heavy (non-hydrogen) atoms. The fraction of sp³-hybridized carbons (Fsp3) is 0.429. The van der Waals surface area contributed by atoms with E-state index in [0.717, 1.165) is 11.8 Å². The van der Waals surface area contributed by atoms with Gasteiger partial charge in [-0.1, -0.05) is 30.3 Å². The Hall–Kier alpha value is -3.56. The van der Waals surface area contributed by atoms with Crippen LogP contribution in [0.15, 0.2) is 41.0 Å². The molecule has 1 fully saturated rings. The molecule has 1 saturated heterocycles. The van der Waals surface area contributed by atoms with E-state index < -0.39 is 35.8 Å². The van der Waals surface area contributed by atoms with E-state index in [2.05, 4.69) is 10.3 Å². The number of hydrogen-bond acceptors (Lipinski definition) is 7. The highest BCUT2D eigenvalue weighted by molar-refractivity contribution is 5.84. The van der Waals surface area contributed by atoms with Crippen molar-refractivity contribution in [2.24, 2.45) is 0 Å². The third-order valence-corrected chi connectivity index (χ3v) is 4.49. The summed E-state index contributed by atoms with van der Waals surface area (Å²) in [5.41, 5.74) is -0.120. The van der Waals surface area contributed by atoms with E-state index >= 15 is 0 Å². The predicted molar refractivity (Wildman–Crippen MR) is 107 cm³/mol. The number of carbonyl (C=O) groups excluding carboxylic acids is 2. The smallest absolute Gasteiger partial charge is 0.410 e. The Morgan fingerprint density at radius 3 is 2.58 bits per heavy atom. The summed E-state index contributed by atoms with van der Waals surface area (Å²) in [7, 11) is 0. The molecule has 10 nitrogen and oxygen atoms in total. The highest BCUT2D eigenvalue weighted by Crippen LogP contribution is 2.32. The van der Waals surface area contributed by atoms with Gasteiger partial charge in [-0.15, -0.1) is 0 Å².